The molecule has 1 rings (SSSR count). The fraction of sp³-hybridized carbons (Fsp3) is 0.625. The first-order valence-corrected chi connectivity index (χ1v) is 6.97. The van der Waals surface area contributed by atoms with Gasteiger partial charge >= 0.3 is 0 Å². The summed E-state index contributed by atoms with van der Waals surface area (Å²) in [5.41, 5.74) is 1.37. The largest absolute Gasteiger partial charge is 0.381 e. The zero-order valence-electron chi connectivity index (χ0n) is 11.3. The van der Waals surface area contributed by atoms with E-state index >= 15 is 0 Å². The summed E-state index contributed by atoms with van der Waals surface area (Å²) in [7, 11) is 0. The highest BCUT2D eigenvalue weighted by Gasteiger charge is 2.04. The summed E-state index contributed by atoms with van der Waals surface area (Å²) in [5.74, 6) is 0.506. The van der Waals surface area contributed by atoms with Gasteiger partial charge in [-0.15, -0.1) is 0 Å². The van der Waals surface area contributed by atoms with Crippen LogP contribution >= 0.6 is 0 Å². The molecule has 0 aliphatic heterocycles. The van der Waals surface area contributed by atoms with Crippen molar-refractivity contribution in [2.24, 2.45) is 0 Å². The Morgan fingerprint density at radius 3 is 2.41 bits per heavy atom. The van der Waals surface area contributed by atoms with Gasteiger partial charge in [0.15, 0.2) is 0 Å². The highest BCUT2D eigenvalue weighted by molar-refractivity contribution is 5.18. The SMILES string of the molecule is CCCCCCCOCC(C)c1ccccc1. The summed E-state index contributed by atoms with van der Waals surface area (Å²) in [6.07, 6.45) is 6.55. The average molecular weight is 234 g/mol. The zero-order valence-corrected chi connectivity index (χ0v) is 11.3. The van der Waals surface area contributed by atoms with E-state index in [0.717, 1.165) is 13.2 Å². The van der Waals surface area contributed by atoms with E-state index in [-0.39, 0.29) is 0 Å². The second-order valence-electron chi connectivity index (χ2n) is 4.80. The maximum Gasteiger partial charge on any atom is 0.0532 e. The lowest BCUT2D eigenvalue weighted by atomic mass is 10.0. The number of benzene rings is 1. The van der Waals surface area contributed by atoms with Crippen LogP contribution in [-0.2, 0) is 4.74 Å². The smallest absolute Gasteiger partial charge is 0.0532 e. The predicted molar refractivity (Wildman–Crippen MR) is 74.4 cm³/mol. The van der Waals surface area contributed by atoms with Crippen LogP contribution in [0, 0.1) is 0 Å². The Kier molecular flexibility index (Phi) is 7.74. The van der Waals surface area contributed by atoms with Gasteiger partial charge in [0.2, 0.25) is 0 Å². The minimum absolute atomic E-state index is 0.506. The number of unbranched alkanes of at least 4 members (excludes halogenated alkanes) is 4. The molecule has 0 fully saturated rings. The minimum Gasteiger partial charge on any atom is -0.381 e. The second-order valence-corrected chi connectivity index (χ2v) is 4.80. The van der Waals surface area contributed by atoms with E-state index in [1.807, 2.05) is 0 Å². The van der Waals surface area contributed by atoms with E-state index in [1.54, 1.807) is 0 Å². The van der Waals surface area contributed by atoms with E-state index in [9.17, 15) is 0 Å². The van der Waals surface area contributed by atoms with Crippen LogP contribution in [0.2, 0.25) is 0 Å². The summed E-state index contributed by atoms with van der Waals surface area (Å²) < 4.78 is 5.73. The zero-order chi connectivity index (χ0) is 12.3. The third-order valence-corrected chi connectivity index (χ3v) is 3.13. The van der Waals surface area contributed by atoms with Crippen molar-refractivity contribution in [1.29, 1.82) is 0 Å². The quantitative estimate of drug-likeness (QED) is 0.559. The number of hydrogen-bond donors (Lipinski definition) is 0. The van der Waals surface area contributed by atoms with Crippen molar-refractivity contribution in [2.75, 3.05) is 13.2 Å². The van der Waals surface area contributed by atoms with Crippen LogP contribution in [0.3, 0.4) is 0 Å². The minimum atomic E-state index is 0.506. The molecule has 0 saturated heterocycles. The van der Waals surface area contributed by atoms with Gasteiger partial charge in [-0.3, -0.25) is 0 Å². The molecule has 0 aliphatic carbocycles. The van der Waals surface area contributed by atoms with E-state index in [0.29, 0.717) is 5.92 Å². The van der Waals surface area contributed by atoms with Crippen LogP contribution in [0.4, 0.5) is 0 Å². The van der Waals surface area contributed by atoms with Gasteiger partial charge < -0.3 is 4.74 Å². The predicted octanol–water partition coefficient (Wildman–Crippen LogP) is 4.78. The molecule has 0 spiro atoms. The molecule has 0 radical (unpaired) electrons. The van der Waals surface area contributed by atoms with Crippen molar-refractivity contribution in [3.05, 3.63) is 35.9 Å². The van der Waals surface area contributed by atoms with Crippen LogP contribution in [0.15, 0.2) is 30.3 Å². The van der Waals surface area contributed by atoms with Gasteiger partial charge in [-0.2, -0.15) is 0 Å². The lowest BCUT2D eigenvalue weighted by Gasteiger charge is -2.12. The maximum atomic E-state index is 5.73. The Balaban J connectivity index is 2.03. The van der Waals surface area contributed by atoms with Gasteiger partial charge in [0.25, 0.3) is 0 Å². The molecule has 96 valence electrons. The molecule has 0 aliphatic rings. The van der Waals surface area contributed by atoms with Crippen LogP contribution in [-0.4, -0.2) is 13.2 Å². The van der Waals surface area contributed by atoms with E-state index in [4.69, 9.17) is 4.74 Å². The van der Waals surface area contributed by atoms with E-state index in [2.05, 4.69) is 44.2 Å². The molecule has 1 heteroatoms. The first-order chi connectivity index (χ1) is 8.34. The molecule has 1 atom stereocenters. The van der Waals surface area contributed by atoms with Crippen molar-refractivity contribution in [3.8, 4) is 0 Å². The van der Waals surface area contributed by atoms with Crippen molar-refractivity contribution < 1.29 is 4.74 Å². The van der Waals surface area contributed by atoms with Gasteiger partial charge in [0, 0.05) is 12.5 Å². The van der Waals surface area contributed by atoms with Crippen LogP contribution in [0.5, 0.6) is 0 Å². The first kappa shape index (κ1) is 14.2. The van der Waals surface area contributed by atoms with Gasteiger partial charge in [0.1, 0.15) is 0 Å². The molecular formula is C16H26O. The molecule has 0 heterocycles. The molecule has 1 nitrogen and oxygen atoms in total. The van der Waals surface area contributed by atoms with Crippen molar-refractivity contribution >= 4 is 0 Å². The van der Waals surface area contributed by atoms with Crippen molar-refractivity contribution in [3.63, 3.8) is 0 Å². The van der Waals surface area contributed by atoms with E-state index in [1.165, 1.54) is 37.7 Å². The maximum absolute atomic E-state index is 5.73. The number of hydrogen-bond acceptors (Lipinski definition) is 1. The van der Waals surface area contributed by atoms with Crippen molar-refractivity contribution in [2.45, 2.75) is 51.9 Å². The van der Waals surface area contributed by atoms with Gasteiger partial charge in [-0.25, -0.2) is 0 Å². The Hall–Kier alpha value is -0.820. The topological polar surface area (TPSA) is 9.23 Å². The highest BCUT2D eigenvalue weighted by atomic mass is 16.5. The van der Waals surface area contributed by atoms with Crippen LogP contribution in [0.1, 0.15) is 57.4 Å². The molecule has 0 aromatic heterocycles. The number of ether oxygens (including phenoxy) is 1. The molecule has 0 saturated carbocycles. The summed E-state index contributed by atoms with van der Waals surface area (Å²) in [4.78, 5) is 0. The molecule has 0 amide bonds. The van der Waals surface area contributed by atoms with Gasteiger partial charge in [-0.05, 0) is 12.0 Å². The Labute approximate surface area is 106 Å². The highest BCUT2D eigenvalue weighted by Crippen LogP contribution is 2.14. The normalized spacial score (nSPS) is 12.6. The summed E-state index contributed by atoms with van der Waals surface area (Å²) in [5, 5.41) is 0. The standard InChI is InChI=1S/C16H26O/c1-3-4-5-6-10-13-17-14-15(2)16-11-8-7-9-12-16/h7-9,11-12,15H,3-6,10,13-14H2,1-2H3. The molecule has 0 bridgehead atoms. The summed E-state index contributed by atoms with van der Waals surface area (Å²) in [6, 6.07) is 10.6. The molecule has 17 heavy (non-hydrogen) atoms. The summed E-state index contributed by atoms with van der Waals surface area (Å²) in [6.45, 7) is 6.24. The lowest BCUT2D eigenvalue weighted by Crippen LogP contribution is -2.05. The van der Waals surface area contributed by atoms with Crippen molar-refractivity contribution in [1.82, 2.24) is 0 Å². The third kappa shape index (κ3) is 6.48. The molecule has 0 N–H and O–H groups in total. The lowest BCUT2D eigenvalue weighted by molar-refractivity contribution is 0.119. The van der Waals surface area contributed by atoms with Gasteiger partial charge in [-0.1, -0.05) is 69.9 Å². The Morgan fingerprint density at radius 2 is 1.71 bits per heavy atom. The number of rotatable bonds is 9. The Morgan fingerprint density at radius 1 is 1.00 bits per heavy atom. The molecular weight excluding hydrogens is 208 g/mol. The fourth-order valence-electron chi connectivity index (χ4n) is 1.95. The average Bonchev–Trinajstić information content (AvgIpc) is 2.38. The first-order valence-electron chi connectivity index (χ1n) is 6.97. The van der Waals surface area contributed by atoms with E-state index < -0.39 is 0 Å². The van der Waals surface area contributed by atoms with Crippen LogP contribution in [0.25, 0.3) is 0 Å². The molecule has 1 unspecified atom stereocenters. The fourth-order valence-corrected chi connectivity index (χ4v) is 1.95. The third-order valence-electron chi connectivity index (χ3n) is 3.13. The Bertz CT molecular complexity index is 268. The second kappa shape index (κ2) is 9.23. The van der Waals surface area contributed by atoms with Gasteiger partial charge in [0.05, 0.1) is 6.61 Å². The monoisotopic (exact) mass is 234 g/mol. The molecule has 1 aromatic rings. The van der Waals surface area contributed by atoms with Crippen LogP contribution < -0.4 is 0 Å². The molecule has 1 aromatic carbocycles. The summed E-state index contributed by atoms with van der Waals surface area (Å²) >= 11 is 0.